The van der Waals surface area contributed by atoms with E-state index < -0.39 is 6.43 Å². The molecule has 1 aliphatic heterocycles. The van der Waals surface area contributed by atoms with Gasteiger partial charge in [-0.05, 0) is 13.1 Å². The Morgan fingerprint density at radius 3 is 2.48 bits per heavy atom. The lowest BCUT2D eigenvalue weighted by Gasteiger charge is -2.32. The molecule has 0 bridgehead atoms. The number of carbonyl (C=O) groups is 1. The minimum atomic E-state index is -2.73. The molecule has 27 heavy (non-hydrogen) atoms. The van der Waals surface area contributed by atoms with E-state index in [1.54, 1.807) is 17.0 Å². The molecule has 6 nitrogen and oxygen atoms in total. The number of hydrogen-bond donors (Lipinski definition) is 0. The van der Waals surface area contributed by atoms with Crippen molar-refractivity contribution in [3.8, 4) is 11.3 Å². The van der Waals surface area contributed by atoms with Crippen molar-refractivity contribution in [3.63, 3.8) is 0 Å². The number of benzene rings is 1. The Kier molecular flexibility index (Phi) is 4.57. The summed E-state index contributed by atoms with van der Waals surface area (Å²) in [5, 5.41) is 4.02. The second kappa shape index (κ2) is 7.03. The highest BCUT2D eigenvalue weighted by atomic mass is 19.3. The van der Waals surface area contributed by atoms with E-state index in [4.69, 9.17) is 0 Å². The maximum atomic E-state index is 13.6. The molecule has 0 atom stereocenters. The average molecular weight is 371 g/mol. The summed E-state index contributed by atoms with van der Waals surface area (Å²) in [5.74, 6) is -0.226. The number of piperazine rings is 1. The molecule has 3 heterocycles. The molecule has 0 radical (unpaired) electrons. The molecular formula is C19H19F2N5O. The fraction of sp³-hybridized carbons (Fsp3) is 0.316. The van der Waals surface area contributed by atoms with E-state index in [0.29, 0.717) is 24.3 Å². The van der Waals surface area contributed by atoms with Gasteiger partial charge in [0.25, 0.3) is 12.3 Å². The molecular weight excluding hydrogens is 352 g/mol. The highest BCUT2D eigenvalue weighted by Crippen LogP contribution is 2.27. The number of halogens is 2. The maximum absolute atomic E-state index is 13.6. The zero-order valence-corrected chi connectivity index (χ0v) is 14.8. The highest BCUT2D eigenvalue weighted by Gasteiger charge is 2.26. The van der Waals surface area contributed by atoms with Crippen LogP contribution in [0.3, 0.4) is 0 Å². The van der Waals surface area contributed by atoms with Gasteiger partial charge in [0.1, 0.15) is 11.3 Å². The molecule has 8 heteroatoms. The number of hydrogen-bond acceptors (Lipinski definition) is 4. The van der Waals surface area contributed by atoms with E-state index in [0.717, 1.165) is 17.6 Å². The topological polar surface area (TPSA) is 53.7 Å². The molecule has 1 aromatic carbocycles. The largest absolute Gasteiger partial charge is 0.336 e. The van der Waals surface area contributed by atoms with Crippen LogP contribution in [-0.4, -0.2) is 63.5 Å². The third-order valence-electron chi connectivity index (χ3n) is 4.81. The Labute approximate surface area is 155 Å². The van der Waals surface area contributed by atoms with Crippen LogP contribution < -0.4 is 0 Å². The van der Waals surface area contributed by atoms with E-state index in [1.165, 1.54) is 12.3 Å². The molecule has 0 N–H and O–H groups in total. The second-order valence-electron chi connectivity index (χ2n) is 6.62. The van der Waals surface area contributed by atoms with Gasteiger partial charge < -0.3 is 9.80 Å². The van der Waals surface area contributed by atoms with Crippen LogP contribution in [0.1, 0.15) is 22.5 Å². The summed E-state index contributed by atoms with van der Waals surface area (Å²) < 4.78 is 28.3. The molecule has 1 amide bonds. The van der Waals surface area contributed by atoms with Gasteiger partial charge in [0.15, 0.2) is 5.65 Å². The highest BCUT2D eigenvalue weighted by molar-refractivity contribution is 6.00. The van der Waals surface area contributed by atoms with E-state index in [9.17, 15) is 13.6 Å². The first kappa shape index (κ1) is 17.5. The summed E-state index contributed by atoms with van der Waals surface area (Å²) in [6.07, 6.45) is -1.40. The monoisotopic (exact) mass is 371 g/mol. The molecule has 2 aromatic heterocycles. The first-order chi connectivity index (χ1) is 13.0. The fourth-order valence-corrected chi connectivity index (χ4v) is 3.23. The SMILES string of the molecule is CN1CCN(C(=O)c2cnn3c(C(F)F)cc(-c4ccccc4)nc23)CC1. The number of carbonyl (C=O) groups excluding carboxylic acids is 1. The summed E-state index contributed by atoms with van der Waals surface area (Å²) >= 11 is 0. The van der Waals surface area contributed by atoms with Crippen LogP contribution in [0.5, 0.6) is 0 Å². The van der Waals surface area contributed by atoms with Crippen molar-refractivity contribution < 1.29 is 13.6 Å². The quantitative estimate of drug-likeness (QED) is 0.710. The van der Waals surface area contributed by atoms with E-state index in [1.807, 2.05) is 25.2 Å². The lowest BCUT2D eigenvalue weighted by Crippen LogP contribution is -2.47. The summed E-state index contributed by atoms with van der Waals surface area (Å²) in [5.41, 5.74) is 1.23. The smallest absolute Gasteiger partial charge is 0.280 e. The maximum Gasteiger partial charge on any atom is 0.280 e. The Morgan fingerprint density at radius 1 is 1.11 bits per heavy atom. The Morgan fingerprint density at radius 2 is 1.81 bits per heavy atom. The fourth-order valence-electron chi connectivity index (χ4n) is 3.23. The number of nitrogens with zero attached hydrogens (tertiary/aromatic N) is 5. The number of alkyl halides is 2. The van der Waals surface area contributed by atoms with Crippen molar-refractivity contribution in [2.24, 2.45) is 0 Å². The van der Waals surface area contributed by atoms with Crippen LogP contribution in [-0.2, 0) is 0 Å². The molecule has 0 saturated carbocycles. The van der Waals surface area contributed by atoms with Gasteiger partial charge in [0.05, 0.1) is 11.9 Å². The zero-order valence-electron chi connectivity index (χ0n) is 14.8. The molecule has 0 spiro atoms. The summed E-state index contributed by atoms with van der Waals surface area (Å²) in [6, 6.07) is 10.4. The Balaban J connectivity index is 1.80. The van der Waals surface area contributed by atoms with Crippen LogP contribution in [0.4, 0.5) is 8.78 Å². The van der Waals surface area contributed by atoms with Gasteiger partial charge in [0.2, 0.25) is 0 Å². The van der Waals surface area contributed by atoms with Crippen molar-refractivity contribution >= 4 is 11.6 Å². The zero-order chi connectivity index (χ0) is 19.0. The first-order valence-corrected chi connectivity index (χ1v) is 8.74. The van der Waals surface area contributed by atoms with Gasteiger partial charge in [-0.15, -0.1) is 0 Å². The van der Waals surface area contributed by atoms with Crippen molar-refractivity contribution in [2.75, 3.05) is 33.2 Å². The van der Waals surface area contributed by atoms with Crippen molar-refractivity contribution in [3.05, 3.63) is 53.9 Å². The Hall–Kier alpha value is -2.87. The van der Waals surface area contributed by atoms with E-state index in [2.05, 4.69) is 15.0 Å². The van der Waals surface area contributed by atoms with E-state index in [-0.39, 0.29) is 22.8 Å². The Bertz CT molecular complexity index is 965. The first-order valence-electron chi connectivity index (χ1n) is 8.74. The van der Waals surface area contributed by atoms with Gasteiger partial charge in [-0.3, -0.25) is 4.79 Å². The van der Waals surface area contributed by atoms with E-state index >= 15 is 0 Å². The number of likely N-dealkylation sites (N-methyl/N-ethyl adjacent to an activating group) is 1. The summed E-state index contributed by atoms with van der Waals surface area (Å²) in [4.78, 5) is 21.3. The van der Waals surface area contributed by atoms with Crippen molar-refractivity contribution in [1.82, 2.24) is 24.4 Å². The molecule has 3 aromatic rings. The molecule has 1 saturated heterocycles. The second-order valence-corrected chi connectivity index (χ2v) is 6.62. The summed E-state index contributed by atoms with van der Waals surface area (Å²) in [7, 11) is 2.00. The van der Waals surface area contributed by atoms with Crippen molar-refractivity contribution in [2.45, 2.75) is 6.43 Å². The van der Waals surface area contributed by atoms with Gasteiger partial charge in [-0.1, -0.05) is 30.3 Å². The number of aromatic nitrogens is 3. The number of amides is 1. The molecule has 0 unspecified atom stereocenters. The summed E-state index contributed by atoms with van der Waals surface area (Å²) in [6.45, 7) is 2.73. The molecule has 4 rings (SSSR count). The lowest BCUT2D eigenvalue weighted by atomic mass is 10.1. The molecule has 140 valence electrons. The molecule has 0 aliphatic carbocycles. The van der Waals surface area contributed by atoms with Crippen LogP contribution in [0.25, 0.3) is 16.9 Å². The minimum absolute atomic E-state index is 0.163. The van der Waals surface area contributed by atoms with Crippen LogP contribution in [0.2, 0.25) is 0 Å². The van der Waals surface area contributed by atoms with Gasteiger partial charge in [-0.25, -0.2) is 18.3 Å². The number of fused-ring (bicyclic) bond motifs is 1. The third kappa shape index (κ3) is 3.28. The van der Waals surface area contributed by atoms with Gasteiger partial charge in [0, 0.05) is 31.7 Å². The standard InChI is InChI=1S/C19H19F2N5O/c1-24-7-9-25(10-8-24)19(27)14-12-22-26-16(17(20)21)11-15(23-18(14)26)13-5-3-2-4-6-13/h2-6,11-12,17H,7-10H2,1H3. The molecule has 1 aliphatic rings. The average Bonchev–Trinajstić information content (AvgIpc) is 3.11. The van der Waals surface area contributed by atoms with Crippen molar-refractivity contribution in [1.29, 1.82) is 0 Å². The number of rotatable bonds is 3. The lowest BCUT2D eigenvalue weighted by molar-refractivity contribution is 0.0665. The molecule has 1 fully saturated rings. The van der Waals surface area contributed by atoms with Crippen LogP contribution in [0, 0.1) is 0 Å². The van der Waals surface area contributed by atoms with Gasteiger partial charge in [-0.2, -0.15) is 5.10 Å². The van der Waals surface area contributed by atoms with Gasteiger partial charge >= 0.3 is 0 Å². The third-order valence-corrected chi connectivity index (χ3v) is 4.81. The van der Waals surface area contributed by atoms with Crippen LogP contribution >= 0.6 is 0 Å². The predicted octanol–water partition coefficient (Wildman–Crippen LogP) is 2.72. The normalized spacial score (nSPS) is 15.6. The van der Waals surface area contributed by atoms with Crippen LogP contribution in [0.15, 0.2) is 42.6 Å². The predicted molar refractivity (Wildman–Crippen MR) is 96.8 cm³/mol. The minimum Gasteiger partial charge on any atom is -0.336 e.